The topological polar surface area (TPSA) is 117 Å². The van der Waals surface area contributed by atoms with E-state index in [4.69, 9.17) is 10.7 Å². The number of amides is 2. The van der Waals surface area contributed by atoms with E-state index in [0.717, 1.165) is 27.9 Å². The highest BCUT2D eigenvalue weighted by molar-refractivity contribution is 5.93. The van der Waals surface area contributed by atoms with Crippen molar-refractivity contribution < 1.29 is 23.5 Å². The van der Waals surface area contributed by atoms with Gasteiger partial charge in [-0.05, 0) is 68.6 Å². The fourth-order valence-electron chi connectivity index (χ4n) is 6.32. The number of hydrogen-bond acceptors (Lipinski definition) is 5. The van der Waals surface area contributed by atoms with Crippen LogP contribution in [-0.2, 0) is 15.1 Å². The van der Waals surface area contributed by atoms with Gasteiger partial charge in [-0.3, -0.25) is 14.6 Å². The Labute approximate surface area is 238 Å². The van der Waals surface area contributed by atoms with Gasteiger partial charge in [-0.25, -0.2) is 0 Å². The van der Waals surface area contributed by atoms with E-state index in [9.17, 15) is 23.5 Å². The molecule has 2 aliphatic carbocycles. The van der Waals surface area contributed by atoms with E-state index in [2.05, 4.69) is 10.6 Å². The molecule has 0 unspecified atom stereocenters. The molecule has 2 aliphatic rings. The van der Waals surface area contributed by atoms with Gasteiger partial charge in [-0.15, -0.1) is 0 Å². The Morgan fingerprint density at radius 3 is 2.29 bits per heavy atom. The van der Waals surface area contributed by atoms with Gasteiger partial charge in [0.05, 0.1) is 23.2 Å². The molecule has 41 heavy (non-hydrogen) atoms. The molecule has 1 aromatic heterocycles. The van der Waals surface area contributed by atoms with Crippen molar-refractivity contribution in [3.8, 4) is 22.4 Å². The number of aromatic nitrogens is 1. The van der Waals surface area contributed by atoms with E-state index in [1.165, 1.54) is 0 Å². The maximum atomic E-state index is 12.9. The molecule has 7 nitrogen and oxygen atoms in total. The largest absolute Gasteiger partial charge is 0.390 e. The number of carbonyl (C=O) groups is 2. The number of benzene rings is 2. The normalized spacial score (nSPS) is 25.8. The summed E-state index contributed by atoms with van der Waals surface area (Å²) in [6, 6.07) is 19.5. The second kappa shape index (κ2) is 11.7. The Morgan fingerprint density at radius 2 is 1.68 bits per heavy atom. The quantitative estimate of drug-likeness (QED) is 0.294. The van der Waals surface area contributed by atoms with Crippen molar-refractivity contribution in [2.45, 2.75) is 75.5 Å². The molecule has 3 aromatic rings. The summed E-state index contributed by atoms with van der Waals surface area (Å²) in [5.74, 6) is -1.24. The molecule has 0 saturated heterocycles. The second-order valence-corrected chi connectivity index (χ2v) is 11.8. The lowest BCUT2D eigenvalue weighted by Crippen LogP contribution is -2.58. The molecule has 0 bridgehead atoms. The third-order valence-electron chi connectivity index (χ3n) is 8.25. The molecule has 1 heterocycles. The summed E-state index contributed by atoms with van der Waals surface area (Å²) >= 11 is 0. The van der Waals surface area contributed by atoms with Crippen molar-refractivity contribution in [3.05, 3.63) is 72.4 Å². The van der Waals surface area contributed by atoms with Gasteiger partial charge in [0.25, 0.3) is 5.91 Å². The number of rotatable bonds is 8. The number of alkyl halides is 2. The maximum absolute atomic E-state index is 12.9. The van der Waals surface area contributed by atoms with Crippen molar-refractivity contribution in [2.24, 2.45) is 11.7 Å². The average molecular weight is 563 g/mol. The minimum atomic E-state index is -3.01. The number of hydrogen-bond donors (Lipinski definition) is 4. The molecule has 2 fully saturated rings. The molecule has 5 rings (SSSR count). The van der Waals surface area contributed by atoms with Gasteiger partial charge in [0.1, 0.15) is 0 Å². The van der Waals surface area contributed by atoms with Crippen LogP contribution in [0.2, 0.25) is 0 Å². The van der Waals surface area contributed by atoms with Gasteiger partial charge in [0.2, 0.25) is 5.91 Å². The summed E-state index contributed by atoms with van der Waals surface area (Å²) in [4.78, 5) is 28.9. The summed E-state index contributed by atoms with van der Waals surface area (Å²) in [6.07, 6.45) is 2.50. The van der Waals surface area contributed by atoms with Crippen LogP contribution in [0.1, 0.15) is 57.4 Å². The van der Waals surface area contributed by atoms with Crippen molar-refractivity contribution in [2.75, 3.05) is 5.32 Å². The van der Waals surface area contributed by atoms with Crippen molar-refractivity contribution in [3.63, 3.8) is 0 Å². The first-order valence-electron chi connectivity index (χ1n) is 14.1. The van der Waals surface area contributed by atoms with E-state index >= 15 is 0 Å². The molecule has 2 amide bonds. The Kier molecular flexibility index (Phi) is 8.20. The number of halogens is 2. The number of pyridine rings is 1. The average Bonchev–Trinajstić information content (AvgIpc) is 2.93. The Balaban J connectivity index is 1.27. The first kappa shape index (κ1) is 28.8. The summed E-state index contributed by atoms with van der Waals surface area (Å²) < 4.78 is 25.0. The number of nitrogens with zero attached hydrogens (tertiary/aromatic N) is 1. The summed E-state index contributed by atoms with van der Waals surface area (Å²) in [7, 11) is 0. The molecule has 0 radical (unpaired) electrons. The van der Waals surface area contributed by atoms with Gasteiger partial charge in [-0.1, -0.05) is 54.6 Å². The monoisotopic (exact) mass is 562 g/mol. The van der Waals surface area contributed by atoms with Crippen LogP contribution in [0.15, 0.2) is 66.9 Å². The van der Waals surface area contributed by atoms with Crippen molar-refractivity contribution >= 4 is 17.5 Å². The summed E-state index contributed by atoms with van der Waals surface area (Å²) in [6.45, 7) is 1.80. The standard InChI is InChI=1S/C32H36F2N4O3/c1-31(41)18-32(35,19-31)23-11-9-22(10-12-23)28-26(21-5-3-2-4-6-21)16-25(17-36-28)37-27(39)15-20-7-13-24(14-8-20)38-30(40)29(33)34/h2-6,9-12,16-17,20,24,29,41H,7-8,13-15,18-19,35H2,1H3,(H,37,39)(H,38,40). The van der Waals surface area contributed by atoms with Gasteiger partial charge >= 0.3 is 6.43 Å². The number of carbonyl (C=O) groups excluding carboxylic acids is 2. The van der Waals surface area contributed by atoms with E-state index in [1.54, 1.807) is 13.1 Å². The molecule has 9 heteroatoms. The number of nitrogens with one attached hydrogen (secondary N) is 2. The molecule has 216 valence electrons. The second-order valence-electron chi connectivity index (χ2n) is 11.8. The fourth-order valence-corrected chi connectivity index (χ4v) is 6.32. The van der Waals surface area contributed by atoms with Crippen LogP contribution >= 0.6 is 0 Å². The van der Waals surface area contributed by atoms with Crippen LogP contribution in [0, 0.1) is 5.92 Å². The zero-order chi connectivity index (χ0) is 29.2. The highest BCUT2D eigenvalue weighted by Crippen LogP contribution is 2.46. The predicted molar refractivity (Wildman–Crippen MR) is 154 cm³/mol. The lowest BCUT2D eigenvalue weighted by atomic mass is 9.63. The maximum Gasteiger partial charge on any atom is 0.315 e. The lowest BCUT2D eigenvalue weighted by Gasteiger charge is -2.49. The number of aliphatic hydroxyl groups is 1. The first-order chi connectivity index (χ1) is 19.5. The van der Waals surface area contributed by atoms with E-state index < -0.39 is 23.5 Å². The predicted octanol–water partition coefficient (Wildman–Crippen LogP) is 5.38. The van der Waals surface area contributed by atoms with Crippen LogP contribution < -0.4 is 16.4 Å². The van der Waals surface area contributed by atoms with Crippen LogP contribution in [0.4, 0.5) is 14.5 Å². The van der Waals surface area contributed by atoms with Crippen LogP contribution in [-0.4, -0.2) is 40.0 Å². The Morgan fingerprint density at radius 1 is 1.02 bits per heavy atom. The van der Waals surface area contributed by atoms with E-state index in [0.29, 0.717) is 50.6 Å². The molecule has 2 aromatic carbocycles. The minimum absolute atomic E-state index is 0.124. The molecule has 2 saturated carbocycles. The van der Waals surface area contributed by atoms with E-state index in [1.807, 2.05) is 60.7 Å². The molecule has 0 atom stereocenters. The van der Waals surface area contributed by atoms with E-state index in [-0.39, 0.29) is 17.9 Å². The highest BCUT2D eigenvalue weighted by Gasteiger charge is 2.49. The fraction of sp³-hybridized carbons (Fsp3) is 0.406. The van der Waals surface area contributed by atoms with Gasteiger partial charge in [0.15, 0.2) is 0 Å². The van der Waals surface area contributed by atoms with Crippen LogP contribution in [0.3, 0.4) is 0 Å². The van der Waals surface area contributed by atoms with Crippen molar-refractivity contribution in [1.82, 2.24) is 10.3 Å². The first-order valence-corrected chi connectivity index (χ1v) is 14.1. The summed E-state index contributed by atoms with van der Waals surface area (Å²) in [5.41, 5.74) is 10.3. The minimum Gasteiger partial charge on any atom is -0.390 e. The number of nitrogens with two attached hydrogens (primary N) is 1. The van der Waals surface area contributed by atoms with Gasteiger partial charge in [0, 0.05) is 29.1 Å². The Bertz CT molecular complexity index is 1380. The molecule has 0 spiro atoms. The van der Waals surface area contributed by atoms with Gasteiger partial charge in [-0.2, -0.15) is 8.78 Å². The SMILES string of the molecule is CC1(O)CC(N)(c2ccc(-c3ncc(NC(=O)CC4CCC(NC(=O)C(F)F)CC4)cc3-c3ccccc3)cc2)C1. The van der Waals surface area contributed by atoms with Crippen LogP contribution in [0.25, 0.3) is 22.4 Å². The molecule has 5 N–H and O–H groups in total. The Hall–Kier alpha value is -3.69. The van der Waals surface area contributed by atoms with Gasteiger partial charge < -0.3 is 21.5 Å². The lowest BCUT2D eigenvalue weighted by molar-refractivity contribution is -0.132. The zero-order valence-electron chi connectivity index (χ0n) is 23.1. The summed E-state index contributed by atoms with van der Waals surface area (Å²) in [5, 5.41) is 15.5. The zero-order valence-corrected chi connectivity index (χ0v) is 23.1. The third-order valence-corrected chi connectivity index (χ3v) is 8.25. The third kappa shape index (κ3) is 6.80. The van der Waals surface area contributed by atoms with Crippen molar-refractivity contribution in [1.29, 1.82) is 0 Å². The molecular formula is C32H36F2N4O3. The molecule has 0 aliphatic heterocycles. The molecular weight excluding hydrogens is 526 g/mol. The van der Waals surface area contributed by atoms with Crippen LogP contribution in [0.5, 0.6) is 0 Å². The smallest absolute Gasteiger partial charge is 0.315 e. The number of anilines is 1. The highest BCUT2D eigenvalue weighted by atomic mass is 19.3.